The lowest BCUT2D eigenvalue weighted by atomic mass is 9.76. The van der Waals surface area contributed by atoms with Gasteiger partial charge in [-0.1, -0.05) is 35.9 Å². The first-order valence-corrected chi connectivity index (χ1v) is 6.55. The van der Waals surface area contributed by atoms with Crippen LogP contribution in [0.4, 0.5) is 0 Å². The number of hydrogen-bond donors (Lipinski definition) is 3. The Hall–Kier alpha value is -2.04. The van der Waals surface area contributed by atoms with Gasteiger partial charge in [0.1, 0.15) is 5.92 Å². The molecule has 1 aliphatic carbocycles. The Bertz CT molecular complexity index is 747. The fourth-order valence-corrected chi connectivity index (χ4v) is 2.83. The van der Waals surface area contributed by atoms with Crippen molar-refractivity contribution in [3.8, 4) is 0 Å². The van der Waals surface area contributed by atoms with Crippen LogP contribution in [-0.4, -0.2) is 16.1 Å². The number of nitrogens with one attached hydrogen (secondary N) is 1. The molecule has 2 unspecified atom stereocenters. The van der Waals surface area contributed by atoms with Crippen LogP contribution in [0.25, 0.3) is 10.9 Å². The van der Waals surface area contributed by atoms with Gasteiger partial charge in [-0.3, -0.25) is 4.79 Å². The van der Waals surface area contributed by atoms with E-state index in [-0.39, 0.29) is 0 Å². The van der Waals surface area contributed by atoms with Gasteiger partial charge in [-0.05, 0) is 18.2 Å². The molecule has 0 bridgehead atoms. The Balaban J connectivity index is 2.21. The van der Waals surface area contributed by atoms with E-state index in [4.69, 9.17) is 17.3 Å². The molecule has 1 aromatic heterocycles. The molecule has 1 aromatic carbocycles. The lowest BCUT2D eigenvalue weighted by molar-refractivity contribution is -0.141. The van der Waals surface area contributed by atoms with Gasteiger partial charge in [-0.2, -0.15) is 0 Å². The lowest BCUT2D eigenvalue weighted by Gasteiger charge is -2.33. The highest BCUT2D eigenvalue weighted by molar-refractivity contribution is 6.31. The van der Waals surface area contributed by atoms with Gasteiger partial charge < -0.3 is 15.8 Å². The van der Waals surface area contributed by atoms with Gasteiger partial charge >= 0.3 is 5.97 Å². The predicted octanol–water partition coefficient (Wildman–Crippen LogP) is 2.72. The zero-order valence-electron chi connectivity index (χ0n) is 10.5. The van der Waals surface area contributed by atoms with Crippen LogP contribution >= 0.6 is 11.6 Å². The number of fused-ring (bicyclic) bond motifs is 1. The van der Waals surface area contributed by atoms with E-state index in [0.717, 1.165) is 16.5 Å². The predicted molar refractivity (Wildman–Crippen MR) is 78.4 cm³/mol. The highest BCUT2D eigenvalue weighted by Crippen LogP contribution is 2.38. The summed E-state index contributed by atoms with van der Waals surface area (Å²) >= 11 is 5.91. The molecule has 102 valence electrons. The molecule has 0 amide bonds. The number of carboxylic acids is 1. The minimum absolute atomic E-state index is 0.387. The number of H-pyrrole nitrogens is 1. The Morgan fingerprint density at radius 3 is 2.90 bits per heavy atom. The number of allylic oxidation sites excluding steroid dienone is 2. The largest absolute Gasteiger partial charge is 0.481 e. The zero-order chi connectivity index (χ0) is 14.3. The SMILES string of the molecule is NC1(c2c[nH]c3ccccc23)C=CC(Cl)=CC1C(=O)O. The summed E-state index contributed by atoms with van der Waals surface area (Å²) in [6.45, 7) is 0. The Morgan fingerprint density at radius 2 is 2.15 bits per heavy atom. The molecule has 2 aromatic rings. The number of halogens is 1. The normalized spacial score (nSPS) is 25.7. The lowest BCUT2D eigenvalue weighted by Crippen LogP contribution is -2.46. The number of carbonyl (C=O) groups is 1. The summed E-state index contributed by atoms with van der Waals surface area (Å²) in [6.07, 6.45) is 6.54. The highest BCUT2D eigenvalue weighted by Gasteiger charge is 2.41. The van der Waals surface area contributed by atoms with Crippen LogP contribution in [0.3, 0.4) is 0 Å². The smallest absolute Gasteiger partial charge is 0.313 e. The van der Waals surface area contributed by atoms with Crippen LogP contribution in [0.15, 0.2) is 53.7 Å². The third-order valence-electron chi connectivity index (χ3n) is 3.68. The second kappa shape index (κ2) is 4.51. The van der Waals surface area contributed by atoms with E-state index in [2.05, 4.69) is 4.98 Å². The average molecular weight is 289 g/mol. The summed E-state index contributed by atoms with van der Waals surface area (Å²) in [7, 11) is 0. The number of rotatable bonds is 2. The van der Waals surface area contributed by atoms with Crippen molar-refractivity contribution in [3.05, 3.63) is 59.3 Å². The van der Waals surface area contributed by atoms with Gasteiger partial charge in [0.15, 0.2) is 0 Å². The van der Waals surface area contributed by atoms with E-state index in [1.54, 1.807) is 18.3 Å². The zero-order valence-corrected chi connectivity index (χ0v) is 11.3. The van der Waals surface area contributed by atoms with Gasteiger partial charge in [0.05, 0.1) is 5.54 Å². The van der Waals surface area contributed by atoms with Crippen LogP contribution in [0.5, 0.6) is 0 Å². The van der Waals surface area contributed by atoms with E-state index < -0.39 is 17.4 Å². The standard InChI is InChI=1S/C15H13ClN2O2/c16-9-5-6-15(17,11(7-9)14(19)20)12-8-18-13-4-2-1-3-10(12)13/h1-8,11,18H,17H2,(H,19,20). The number of aromatic amines is 1. The molecule has 20 heavy (non-hydrogen) atoms. The van der Waals surface area contributed by atoms with Gasteiger partial charge in [-0.15, -0.1) is 0 Å². The maximum absolute atomic E-state index is 11.5. The third-order valence-corrected chi connectivity index (χ3v) is 3.93. The van der Waals surface area contributed by atoms with Crippen molar-refractivity contribution >= 4 is 28.5 Å². The second-order valence-electron chi connectivity index (χ2n) is 4.88. The van der Waals surface area contributed by atoms with E-state index in [1.165, 1.54) is 6.08 Å². The first-order valence-electron chi connectivity index (χ1n) is 6.17. The highest BCUT2D eigenvalue weighted by atomic mass is 35.5. The maximum Gasteiger partial charge on any atom is 0.313 e. The molecule has 2 atom stereocenters. The molecule has 1 heterocycles. The molecule has 5 heteroatoms. The van der Waals surface area contributed by atoms with Crippen LogP contribution < -0.4 is 5.73 Å². The minimum atomic E-state index is -1.12. The van der Waals surface area contributed by atoms with Crippen LogP contribution in [0.1, 0.15) is 5.56 Å². The third kappa shape index (κ3) is 1.85. The summed E-state index contributed by atoms with van der Waals surface area (Å²) in [6, 6.07) is 7.65. The number of aromatic nitrogens is 1. The number of aliphatic carboxylic acids is 1. The van der Waals surface area contributed by atoms with Crippen molar-refractivity contribution in [3.63, 3.8) is 0 Å². The summed E-state index contributed by atoms with van der Waals surface area (Å²) in [5.41, 5.74) is 6.96. The fourth-order valence-electron chi connectivity index (χ4n) is 2.64. The molecule has 0 fully saturated rings. The second-order valence-corrected chi connectivity index (χ2v) is 5.32. The van der Waals surface area contributed by atoms with Crippen molar-refractivity contribution in [2.45, 2.75) is 5.54 Å². The number of carboxylic acid groups (broad SMARTS) is 1. The fraction of sp³-hybridized carbons (Fsp3) is 0.133. The van der Waals surface area contributed by atoms with Gasteiger partial charge in [0, 0.05) is 27.7 Å². The van der Waals surface area contributed by atoms with Gasteiger partial charge in [-0.25, -0.2) is 0 Å². The summed E-state index contributed by atoms with van der Waals surface area (Å²) in [4.78, 5) is 14.6. The van der Waals surface area contributed by atoms with E-state index in [0.29, 0.717) is 5.03 Å². The maximum atomic E-state index is 11.5. The van der Waals surface area contributed by atoms with Gasteiger partial charge in [0.25, 0.3) is 0 Å². The minimum Gasteiger partial charge on any atom is -0.481 e. The van der Waals surface area contributed by atoms with Crippen molar-refractivity contribution in [2.75, 3.05) is 0 Å². The molecule has 0 saturated carbocycles. The Labute approximate surface area is 120 Å². The molecular weight excluding hydrogens is 276 g/mol. The van der Waals surface area contributed by atoms with Crippen LogP contribution in [0, 0.1) is 5.92 Å². The topological polar surface area (TPSA) is 79.1 Å². The average Bonchev–Trinajstić information content (AvgIpc) is 2.86. The summed E-state index contributed by atoms with van der Waals surface area (Å²) < 4.78 is 0. The number of benzene rings is 1. The quantitative estimate of drug-likeness (QED) is 0.795. The summed E-state index contributed by atoms with van der Waals surface area (Å²) in [5.74, 6) is -1.90. The summed E-state index contributed by atoms with van der Waals surface area (Å²) in [5, 5.41) is 10.7. The van der Waals surface area contributed by atoms with E-state index >= 15 is 0 Å². The number of nitrogens with two attached hydrogens (primary N) is 1. The molecular formula is C15H13ClN2O2. The molecule has 1 aliphatic rings. The Kier molecular flexibility index (Phi) is 2.92. The van der Waals surface area contributed by atoms with Crippen LogP contribution in [0.2, 0.25) is 0 Å². The molecule has 0 spiro atoms. The molecule has 4 nitrogen and oxygen atoms in total. The number of para-hydroxylation sites is 1. The Morgan fingerprint density at radius 1 is 1.40 bits per heavy atom. The molecule has 0 saturated heterocycles. The molecule has 0 radical (unpaired) electrons. The first kappa shape index (κ1) is 13.0. The molecule has 3 rings (SSSR count). The van der Waals surface area contributed by atoms with Crippen molar-refractivity contribution in [1.82, 2.24) is 4.98 Å². The van der Waals surface area contributed by atoms with Crippen molar-refractivity contribution < 1.29 is 9.90 Å². The van der Waals surface area contributed by atoms with Crippen LogP contribution in [-0.2, 0) is 10.3 Å². The van der Waals surface area contributed by atoms with Crippen molar-refractivity contribution in [1.29, 1.82) is 0 Å². The van der Waals surface area contributed by atoms with E-state index in [9.17, 15) is 9.90 Å². The van der Waals surface area contributed by atoms with Gasteiger partial charge in [0.2, 0.25) is 0 Å². The first-order chi connectivity index (χ1) is 9.52. The molecule has 4 N–H and O–H groups in total. The molecule has 0 aliphatic heterocycles. The number of hydrogen-bond acceptors (Lipinski definition) is 2. The van der Waals surface area contributed by atoms with E-state index in [1.807, 2.05) is 24.3 Å². The monoisotopic (exact) mass is 288 g/mol. The van der Waals surface area contributed by atoms with Crippen molar-refractivity contribution in [2.24, 2.45) is 11.7 Å².